The molecule has 0 bridgehead atoms. The van der Waals surface area contributed by atoms with Crippen LogP contribution in [-0.4, -0.2) is 49.3 Å². The second-order valence-corrected chi connectivity index (χ2v) is 7.36. The zero-order valence-corrected chi connectivity index (χ0v) is 16.2. The lowest BCUT2D eigenvalue weighted by atomic mass is 10.1. The van der Waals surface area contributed by atoms with Crippen LogP contribution in [0.2, 0.25) is 0 Å². The number of piperidine rings is 1. The molecule has 1 saturated heterocycles. The molecule has 28 heavy (non-hydrogen) atoms. The number of benzene rings is 1. The Labute approximate surface area is 165 Å². The van der Waals surface area contributed by atoms with E-state index in [-0.39, 0.29) is 18.9 Å². The normalized spacial score (nSPS) is 17.3. The van der Waals surface area contributed by atoms with Gasteiger partial charge in [-0.1, -0.05) is 12.5 Å². The smallest absolute Gasteiger partial charge is 0.317 e. The number of furan rings is 1. The van der Waals surface area contributed by atoms with Crippen LogP contribution in [0, 0.1) is 0 Å². The summed E-state index contributed by atoms with van der Waals surface area (Å²) in [6.07, 6.45) is 5.34. The summed E-state index contributed by atoms with van der Waals surface area (Å²) in [5.74, 6) is 2.38. The first-order valence-corrected chi connectivity index (χ1v) is 9.85. The average Bonchev–Trinajstić information content (AvgIpc) is 3.40. The molecule has 150 valence electrons. The van der Waals surface area contributed by atoms with Gasteiger partial charge in [0, 0.05) is 20.1 Å². The van der Waals surface area contributed by atoms with E-state index in [2.05, 4.69) is 10.2 Å². The molecule has 1 aromatic carbocycles. The van der Waals surface area contributed by atoms with Crippen molar-refractivity contribution in [1.29, 1.82) is 0 Å². The van der Waals surface area contributed by atoms with Crippen molar-refractivity contribution >= 4 is 6.03 Å². The topological polar surface area (TPSA) is 67.2 Å². The summed E-state index contributed by atoms with van der Waals surface area (Å²) in [4.78, 5) is 16.7. The van der Waals surface area contributed by atoms with Gasteiger partial charge in [-0.2, -0.15) is 0 Å². The number of nitrogens with zero attached hydrogens (tertiary/aromatic N) is 2. The molecular formula is C21H27N3O4. The quantitative estimate of drug-likeness (QED) is 0.826. The van der Waals surface area contributed by atoms with Crippen LogP contribution in [0.5, 0.6) is 11.5 Å². The Morgan fingerprint density at radius 1 is 1.18 bits per heavy atom. The third-order valence-electron chi connectivity index (χ3n) is 5.35. The number of carbonyl (C=O) groups excluding carboxylic acids is 1. The Morgan fingerprint density at radius 2 is 2.00 bits per heavy atom. The third-order valence-corrected chi connectivity index (χ3v) is 5.35. The Bertz CT molecular complexity index is 787. The van der Waals surface area contributed by atoms with Gasteiger partial charge in [0.2, 0.25) is 6.79 Å². The van der Waals surface area contributed by atoms with Gasteiger partial charge >= 0.3 is 6.03 Å². The molecule has 1 N–H and O–H groups in total. The first kappa shape index (κ1) is 18.7. The molecule has 0 aliphatic carbocycles. The number of fused-ring (bicyclic) bond motifs is 1. The maximum atomic E-state index is 12.6. The van der Waals surface area contributed by atoms with E-state index in [1.54, 1.807) is 18.2 Å². The molecule has 1 aromatic heterocycles. The monoisotopic (exact) mass is 385 g/mol. The van der Waals surface area contributed by atoms with Crippen LogP contribution in [0.25, 0.3) is 0 Å². The number of hydrogen-bond acceptors (Lipinski definition) is 5. The fourth-order valence-electron chi connectivity index (χ4n) is 3.82. The minimum atomic E-state index is -0.105. The number of urea groups is 1. The lowest BCUT2D eigenvalue weighted by molar-refractivity contribution is 0.140. The summed E-state index contributed by atoms with van der Waals surface area (Å²) < 4.78 is 16.4. The van der Waals surface area contributed by atoms with E-state index < -0.39 is 0 Å². The molecule has 0 radical (unpaired) electrons. The van der Waals surface area contributed by atoms with E-state index >= 15 is 0 Å². The minimum Gasteiger partial charge on any atom is -0.468 e. The van der Waals surface area contributed by atoms with Crippen molar-refractivity contribution < 1.29 is 18.7 Å². The highest BCUT2D eigenvalue weighted by atomic mass is 16.7. The minimum absolute atomic E-state index is 0.0678. The standard InChI is InChI=1S/C21H27N3O4/c1-23(14-16-7-8-19-20(12-16)28-15-27-19)21(25)22-13-17(18-6-5-11-26-18)24-9-3-2-4-10-24/h5-8,11-12,17H,2-4,9-10,13-15H2,1H3,(H,22,25). The van der Waals surface area contributed by atoms with Crippen LogP contribution >= 0.6 is 0 Å². The van der Waals surface area contributed by atoms with Gasteiger partial charge in [0.1, 0.15) is 5.76 Å². The number of hydrogen-bond donors (Lipinski definition) is 1. The van der Waals surface area contributed by atoms with Crippen LogP contribution in [0.15, 0.2) is 41.0 Å². The Kier molecular flexibility index (Phi) is 5.71. The highest BCUT2D eigenvalue weighted by Crippen LogP contribution is 2.32. The Balaban J connectivity index is 1.35. The number of amides is 2. The van der Waals surface area contributed by atoms with Crippen molar-refractivity contribution in [3.05, 3.63) is 47.9 Å². The van der Waals surface area contributed by atoms with E-state index in [0.717, 1.165) is 35.9 Å². The SMILES string of the molecule is CN(Cc1ccc2c(c1)OCO2)C(=O)NCC(c1ccco1)N1CCCCC1. The average molecular weight is 385 g/mol. The molecule has 7 heteroatoms. The van der Waals surface area contributed by atoms with Crippen molar-refractivity contribution in [2.24, 2.45) is 0 Å². The van der Waals surface area contributed by atoms with Crippen LogP contribution in [-0.2, 0) is 6.54 Å². The highest BCUT2D eigenvalue weighted by molar-refractivity contribution is 5.74. The summed E-state index contributed by atoms with van der Waals surface area (Å²) in [5.41, 5.74) is 1.00. The molecule has 2 aromatic rings. The lowest BCUT2D eigenvalue weighted by Crippen LogP contribution is -2.44. The van der Waals surface area contributed by atoms with Gasteiger partial charge in [-0.15, -0.1) is 0 Å². The first-order chi connectivity index (χ1) is 13.7. The Hall–Kier alpha value is -2.67. The molecule has 4 rings (SSSR count). The van der Waals surface area contributed by atoms with E-state index in [9.17, 15) is 4.79 Å². The molecule has 1 unspecified atom stereocenters. The number of nitrogens with one attached hydrogen (secondary N) is 1. The largest absolute Gasteiger partial charge is 0.468 e. The van der Waals surface area contributed by atoms with Crippen molar-refractivity contribution in [1.82, 2.24) is 15.1 Å². The maximum Gasteiger partial charge on any atom is 0.317 e. The van der Waals surface area contributed by atoms with E-state index in [1.165, 1.54) is 19.3 Å². The molecule has 0 spiro atoms. The van der Waals surface area contributed by atoms with Crippen LogP contribution in [0.3, 0.4) is 0 Å². The van der Waals surface area contributed by atoms with Gasteiger partial charge in [-0.3, -0.25) is 4.90 Å². The van der Waals surface area contributed by atoms with Gasteiger partial charge in [0.25, 0.3) is 0 Å². The molecule has 7 nitrogen and oxygen atoms in total. The summed E-state index contributed by atoms with van der Waals surface area (Å²) in [6, 6.07) is 9.61. The molecule has 1 fully saturated rings. The van der Waals surface area contributed by atoms with Gasteiger partial charge in [0.15, 0.2) is 11.5 Å². The van der Waals surface area contributed by atoms with Crippen molar-refractivity contribution in [3.8, 4) is 11.5 Å². The molecular weight excluding hydrogens is 358 g/mol. The highest BCUT2D eigenvalue weighted by Gasteiger charge is 2.25. The number of carbonyl (C=O) groups is 1. The molecule has 2 amide bonds. The zero-order chi connectivity index (χ0) is 19.3. The summed E-state index contributed by atoms with van der Waals surface area (Å²) >= 11 is 0. The zero-order valence-electron chi connectivity index (χ0n) is 16.2. The van der Waals surface area contributed by atoms with Crippen LogP contribution in [0.1, 0.15) is 36.6 Å². The van der Waals surface area contributed by atoms with Gasteiger partial charge < -0.3 is 24.1 Å². The fraction of sp³-hybridized carbons (Fsp3) is 0.476. The number of ether oxygens (including phenoxy) is 2. The predicted octanol–water partition coefficient (Wildman–Crippen LogP) is 3.38. The van der Waals surface area contributed by atoms with E-state index in [1.807, 2.05) is 30.3 Å². The van der Waals surface area contributed by atoms with E-state index in [0.29, 0.717) is 13.1 Å². The van der Waals surface area contributed by atoms with Gasteiger partial charge in [0.05, 0.1) is 12.3 Å². The second-order valence-electron chi connectivity index (χ2n) is 7.36. The number of likely N-dealkylation sites (tertiary alicyclic amines) is 1. The van der Waals surface area contributed by atoms with Crippen molar-refractivity contribution in [3.63, 3.8) is 0 Å². The molecule has 0 saturated carbocycles. The van der Waals surface area contributed by atoms with Gasteiger partial charge in [-0.05, 0) is 55.8 Å². The first-order valence-electron chi connectivity index (χ1n) is 9.85. The fourth-order valence-corrected chi connectivity index (χ4v) is 3.82. The third kappa shape index (κ3) is 4.25. The molecule has 1 atom stereocenters. The molecule has 2 aliphatic heterocycles. The summed E-state index contributed by atoms with van der Waals surface area (Å²) in [7, 11) is 1.79. The predicted molar refractivity (Wildman–Crippen MR) is 104 cm³/mol. The van der Waals surface area contributed by atoms with Gasteiger partial charge in [-0.25, -0.2) is 4.79 Å². The van der Waals surface area contributed by atoms with Crippen LogP contribution in [0.4, 0.5) is 4.79 Å². The van der Waals surface area contributed by atoms with Crippen molar-refractivity contribution in [2.45, 2.75) is 31.8 Å². The van der Waals surface area contributed by atoms with E-state index in [4.69, 9.17) is 13.9 Å². The Morgan fingerprint density at radius 3 is 2.79 bits per heavy atom. The summed E-state index contributed by atoms with van der Waals surface area (Å²) in [6.45, 7) is 3.34. The molecule has 2 aliphatic rings. The van der Waals surface area contributed by atoms with Crippen molar-refractivity contribution in [2.75, 3.05) is 33.5 Å². The maximum absolute atomic E-state index is 12.6. The second kappa shape index (κ2) is 8.56. The van der Waals surface area contributed by atoms with Crippen LogP contribution < -0.4 is 14.8 Å². The summed E-state index contributed by atoms with van der Waals surface area (Å²) in [5, 5.41) is 3.07. The lowest BCUT2D eigenvalue weighted by Gasteiger charge is -2.33. The number of rotatable bonds is 6. The molecule has 3 heterocycles.